The smallest absolute Gasteiger partial charge is 0.477 e. The summed E-state index contributed by atoms with van der Waals surface area (Å²) in [6.07, 6.45) is -4.74. The van der Waals surface area contributed by atoms with E-state index in [1.54, 1.807) is 35.9 Å². The number of benzene rings is 2. The third kappa shape index (κ3) is 2.92. The molecule has 0 aliphatic carbocycles. The molecule has 0 aliphatic heterocycles. The predicted octanol–water partition coefficient (Wildman–Crippen LogP) is 4.44. The molecule has 0 fully saturated rings. The molecule has 0 saturated carbocycles. The molecule has 0 radical (unpaired) electrons. The quantitative estimate of drug-likeness (QED) is 0.770. The van der Waals surface area contributed by atoms with Crippen LogP contribution >= 0.6 is 0 Å². The van der Waals surface area contributed by atoms with E-state index in [4.69, 9.17) is 0 Å². The van der Waals surface area contributed by atoms with Crippen molar-refractivity contribution in [3.63, 3.8) is 0 Å². The Bertz CT molecular complexity index is 911. The van der Waals surface area contributed by atoms with Gasteiger partial charge in [-0.3, -0.25) is 0 Å². The maximum absolute atomic E-state index is 12.2. The number of aromatic carboxylic acids is 1. The maximum Gasteiger partial charge on any atom is 0.573 e. The van der Waals surface area contributed by atoms with Crippen LogP contribution in [0.1, 0.15) is 10.5 Å². The van der Waals surface area contributed by atoms with Crippen LogP contribution in [0.25, 0.3) is 22.0 Å². The zero-order valence-corrected chi connectivity index (χ0v) is 12.5. The molecule has 4 nitrogen and oxygen atoms in total. The van der Waals surface area contributed by atoms with Gasteiger partial charge < -0.3 is 14.4 Å². The van der Waals surface area contributed by atoms with E-state index >= 15 is 0 Å². The monoisotopic (exact) mass is 335 g/mol. The maximum atomic E-state index is 12.2. The summed E-state index contributed by atoms with van der Waals surface area (Å²) in [7, 11) is 1.64. The number of hydrogen-bond acceptors (Lipinski definition) is 2. The summed E-state index contributed by atoms with van der Waals surface area (Å²) in [6.45, 7) is 0. The lowest BCUT2D eigenvalue weighted by atomic mass is 10.0. The molecule has 7 heteroatoms. The lowest BCUT2D eigenvalue weighted by Crippen LogP contribution is -2.16. The van der Waals surface area contributed by atoms with Crippen molar-refractivity contribution in [1.82, 2.24) is 4.57 Å². The molecule has 0 aliphatic rings. The molecule has 1 aromatic heterocycles. The van der Waals surface area contributed by atoms with Gasteiger partial charge in [0.25, 0.3) is 0 Å². The van der Waals surface area contributed by atoms with Gasteiger partial charge in [0.2, 0.25) is 0 Å². The van der Waals surface area contributed by atoms with Crippen LogP contribution in [0.2, 0.25) is 0 Å². The molecule has 1 N–H and O–H groups in total. The number of fused-ring (bicyclic) bond motifs is 1. The minimum atomic E-state index is -4.74. The molecule has 124 valence electrons. The Balaban J connectivity index is 2.08. The molecule has 0 saturated heterocycles. The second kappa shape index (κ2) is 5.59. The summed E-state index contributed by atoms with van der Waals surface area (Å²) in [6, 6.07) is 12.4. The Kier molecular flexibility index (Phi) is 3.71. The van der Waals surface area contributed by atoms with Crippen LogP contribution in [0.3, 0.4) is 0 Å². The third-order valence-electron chi connectivity index (χ3n) is 3.67. The fourth-order valence-electron chi connectivity index (χ4n) is 2.69. The average molecular weight is 335 g/mol. The lowest BCUT2D eigenvalue weighted by Gasteiger charge is -2.10. The molecule has 2 aromatic carbocycles. The highest BCUT2D eigenvalue weighted by atomic mass is 19.4. The number of rotatable bonds is 3. The summed E-state index contributed by atoms with van der Waals surface area (Å²) >= 11 is 0. The number of para-hydroxylation sites is 1. The molecular weight excluding hydrogens is 323 g/mol. The lowest BCUT2D eigenvalue weighted by molar-refractivity contribution is -0.274. The fourth-order valence-corrected chi connectivity index (χ4v) is 2.69. The fraction of sp³-hybridized carbons (Fsp3) is 0.118. The van der Waals surface area contributed by atoms with E-state index < -0.39 is 12.3 Å². The molecule has 0 bridgehead atoms. The van der Waals surface area contributed by atoms with Gasteiger partial charge in [0, 0.05) is 18.0 Å². The molecule has 1 heterocycles. The minimum absolute atomic E-state index is 0.134. The molecule has 3 aromatic rings. The SMILES string of the molecule is Cn1c(C(=O)O)cc2cccc(-c3ccc(OC(F)(F)F)cc3)c21. The van der Waals surface area contributed by atoms with Gasteiger partial charge in [-0.1, -0.05) is 30.3 Å². The number of ether oxygens (including phenoxy) is 1. The summed E-state index contributed by atoms with van der Waals surface area (Å²) in [5.74, 6) is -1.36. The molecule has 0 spiro atoms. The highest BCUT2D eigenvalue weighted by Crippen LogP contribution is 2.32. The Morgan fingerprint density at radius 3 is 2.38 bits per heavy atom. The number of halogens is 3. The van der Waals surface area contributed by atoms with E-state index in [2.05, 4.69) is 4.74 Å². The van der Waals surface area contributed by atoms with Crippen LogP contribution < -0.4 is 4.74 Å². The zero-order chi connectivity index (χ0) is 17.5. The van der Waals surface area contributed by atoms with Gasteiger partial charge >= 0.3 is 12.3 Å². The van der Waals surface area contributed by atoms with Gasteiger partial charge in [-0.05, 0) is 23.8 Å². The Morgan fingerprint density at radius 2 is 1.79 bits per heavy atom. The largest absolute Gasteiger partial charge is 0.573 e. The van der Waals surface area contributed by atoms with Crippen LogP contribution in [0, 0.1) is 0 Å². The number of hydrogen-bond donors (Lipinski definition) is 1. The molecule has 0 amide bonds. The van der Waals surface area contributed by atoms with Crippen molar-refractivity contribution >= 4 is 16.9 Å². The van der Waals surface area contributed by atoms with Crippen LogP contribution in [-0.2, 0) is 7.05 Å². The van der Waals surface area contributed by atoms with Gasteiger partial charge in [-0.2, -0.15) is 0 Å². The van der Waals surface area contributed by atoms with Gasteiger partial charge in [0.15, 0.2) is 0 Å². The standard InChI is InChI=1S/C17H12F3NO3/c1-21-14(16(22)23)9-11-3-2-4-13(15(11)21)10-5-7-12(8-6-10)24-17(18,19)20/h2-9H,1H3,(H,22,23). The van der Waals surface area contributed by atoms with Crippen molar-refractivity contribution in [3.8, 4) is 16.9 Å². The molecular formula is C17H12F3NO3. The van der Waals surface area contributed by atoms with Crippen LogP contribution in [-0.4, -0.2) is 22.0 Å². The first-order valence-electron chi connectivity index (χ1n) is 6.94. The van der Waals surface area contributed by atoms with Crippen LogP contribution in [0.15, 0.2) is 48.5 Å². The number of aromatic nitrogens is 1. The highest BCUT2D eigenvalue weighted by Gasteiger charge is 2.31. The molecule has 0 atom stereocenters. The minimum Gasteiger partial charge on any atom is -0.477 e. The molecule has 3 rings (SSSR count). The first-order chi connectivity index (χ1) is 11.3. The van der Waals surface area contributed by atoms with Gasteiger partial charge in [-0.15, -0.1) is 13.2 Å². The highest BCUT2D eigenvalue weighted by molar-refractivity contribution is 6.00. The first kappa shape index (κ1) is 15.9. The van der Waals surface area contributed by atoms with E-state index in [9.17, 15) is 23.1 Å². The van der Waals surface area contributed by atoms with E-state index in [1.807, 2.05) is 0 Å². The van der Waals surface area contributed by atoms with Crippen molar-refractivity contribution in [1.29, 1.82) is 0 Å². The topological polar surface area (TPSA) is 51.5 Å². The summed E-state index contributed by atoms with van der Waals surface area (Å²) < 4.78 is 42.1. The van der Waals surface area contributed by atoms with E-state index in [-0.39, 0.29) is 11.4 Å². The molecule has 0 unspecified atom stereocenters. The van der Waals surface area contributed by atoms with Crippen LogP contribution in [0.4, 0.5) is 13.2 Å². The normalized spacial score (nSPS) is 11.7. The summed E-state index contributed by atoms with van der Waals surface area (Å²) in [4.78, 5) is 11.3. The Labute approximate surface area is 134 Å². The zero-order valence-electron chi connectivity index (χ0n) is 12.5. The summed E-state index contributed by atoms with van der Waals surface area (Å²) in [5, 5.41) is 9.97. The molecule has 24 heavy (non-hydrogen) atoms. The number of alkyl halides is 3. The van der Waals surface area contributed by atoms with E-state index in [1.165, 1.54) is 24.3 Å². The van der Waals surface area contributed by atoms with Gasteiger partial charge in [0.05, 0.1) is 5.52 Å². The van der Waals surface area contributed by atoms with Crippen molar-refractivity contribution in [2.45, 2.75) is 6.36 Å². The second-order valence-corrected chi connectivity index (χ2v) is 5.21. The number of aryl methyl sites for hydroxylation is 1. The van der Waals surface area contributed by atoms with Gasteiger partial charge in [0.1, 0.15) is 11.4 Å². The van der Waals surface area contributed by atoms with Gasteiger partial charge in [-0.25, -0.2) is 4.79 Å². The summed E-state index contributed by atoms with van der Waals surface area (Å²) in [5.41, 5.74) is 2.21. The first-order valence-corrected chi connectivity index (χ1v) is 6.94. The van der Waals surface area contributed by atoms with E-state index in [0.717, 1.165) is 10.9 Å². The average Bonchev–Trinajstić information content (AvgIpc) is 2.84. The number of carboxylic acids is 1. The van der Waals surface area contributed by atoms with E-state index in [0.29, 0.717) is 11.1 Å². The van der Waals surface area contributed by atoms with Crippen molar-refractivity contribution in [3.05, 3.63) is 54.2 Å². The Morgan fingerprint density at radius 1 is 1.12 bits per heavy atom. The van der Waals surface area contributed by atoms with Crippen molar-refractivity contribution in [2.75, 3.05) is 0 Å². The Hall–Kier alpha value is -2.96. The number of nitrogens with zero attached hydrogens (tertiary/aromatic N) is 1. The number of carbonyl (C=O) groups is 1. The third-order valence-corrected chi connectivity index (χ3v) is 3.67. The van der Waals surface area contributed by atoms with Crippen LogP contribution in [0.5, 0.6) is 5.75 Å². The second-order valence-electron chi connectivity index (χ2n) is 5.21. The predicted molar refractivity (Wildman–Crippen MR) is 82.0 cm³/mol. The number of carboxylic acid groups (broad SMARTS) is 1. The van der Waals surface area contributed by atoms with Crippen molar-refractivity contribution in [2.24, 2.45) is 7.05 Å². The van der Waals surface area contributed by atoms with Crippen molar-refractivity contribution < 1.29 is 27.8 Å².